The van der Waals surface area contributed by atoms with Crippen LogP contribution in [0.4, 0.5) is 11.4 Å². The molecular formula is C36H28N4O10S. The number of methoxy groups -OCH3 is 2. The average molecular weight is 709 g/mol. The number of esters is 1. The van der Waals surface area contributed by atoms with Gasteiger partial charge in [0.2, 0.25) is 5.75 Å². The van der Waals surface area contributed by atoms with E-state index in [2.05, 4.69) is 0 Å². The first-order valence-corrected chi connectivity index (χ1v) is 16.2. The van der Waals surface area contributed by atoms with Crippen molar-refractivity contribution in [2.45, 2.75) is 13.0 Å². The molecule has 0 saturated carbocycles. The Hall–Kier alpha value is -6.61. The highest BCUT2D eigenvalue weighted by Gasteiger charge is 2.35. The number of benzene rings is 4. The molecule has 0 aliphatic carbocycles. The minimum Gasteiger partial charge on any atom is -0.497 e. The third-order valence-electron chi connectivity index (χ3n) is 7.84. The lowest BCUT2D eigenvalue weighted by molar-refractivity contribution is -0.394. The van der Waals surface area contributed by atoms with E-state index in [0.29, 0.717) is 37.5 Å². The fourth-order valence-corrected chi connectivity index (χ4v) is 6.54. The van der Waals surface area contributed by atoms with Gasteiger partial charge in [0.1, 0.15) is 5.75 Å². The molecule has 5 aromatic rings. The molecule has 0 saturated heterocycles. The molecule has 51 heavy (non-hydrogen) atoms. The van der Waals surface area contributed by atoms with Gasteiger partial charge in [-0.2, -0.15) is 0 Å². The maximum absolute atomic E-state index is 14.3. The fourth-order valence-electron chi connectivity index (χ4n) is 5.54. The number of rotatable bonds is 11. The van der Waals surface area contributed by atoms with Crippen LogP contribution in [0.1, 0.15) is 29.7 Å². The van der Waals surface area contributed by atoms with Gasteiger partial charge in [-0.25, -0.2) is 9.79 Å². The summed E-state index contributed by atoms with van der Waals surface area (Å²) < 4.78 is 24.0. The molecule has 4 aromatic carbocycles. The first-order chi connectivity index (χ1) is 24.6. The summed E-state index contributed by atoms with van der Waals surface area (Å²) in [5.74, 6) is -0.0402. The number of carbonyl (C=O) groups excluding carboxylic acids is 1. The molecule has 14 nitrogen and oxygen atoms in total. The molecule has 15 heteroatoms. The second kappa shape index (κ2) is 14.5. The highest BCUT2D eigenvalue weighted by molar-refractivity contribution is 7.07. The molecule has 6 rings (SSSR count). The molecule has 0 fully saturated rings. The number of non-ortho nitro benzene ring substituents is 1. The van der Waals surface area contributed by atoms with Crippen molar-refractivity contribution in [3.8, 4) is 23.0 Å². The van der Waals surface area contributed by atoms with E-state index in [-0.39, 0.29) is 29.4 Å². The SMILES string of the molecule is CCOC(=O)C1=C(c2ccccc2)N=c2s/c(=C\c3ccc(Oc4ccc([N+](=O)[O-])cc4[N+](=O)[O-])c(OC)c3)c(=O)n2[C@@H]1c1cccc(OC)c1. The first-order valence-electron chi connectivity index (χ1n) is 15.3. The molecule has 0 radical (unpaired) electrons. The number of ether oxygens (including phenoxy) is 4. The van der Waals surface area contributed by atoms with Crippen LogP contribution in [0.15, 0.2) is 106 Å². The van der Waals surface area contributed by atoms with Crippen LogP contribution >= 0.6 is 11.3 Å². The van der Waals surface area contributed by atoms with Crippen molar-refractivity contribution in [2.24, 2.45) is 4.99 Å². The third kappa shape index (κ3) is 6.82. The van der Waals surface area contributed by atoms with Gasteiger partial charge in [-0.15, -0.1) is 0 Å². The van der Waals surface area contributed by atoms with Gasteiger partial charge in [0, 0.05) is 11.6 Å². The van der Waals surface area contributed by atoms with Gasteiger partial charge < -0.3 is 18.9 Å². The summed E-state index contributed by atoms with van der Waals surface area (Å²) >= 11 is 1.13. The predicted octanol–water partition coefficient (Wildman–Crippen LogP) is 5.56. The monoisotopic (exact) mass is 708 g/mol. The van der Waals surface area contributed by atoms with E-state index in [1.807, 2.05) is 30.3 Å². The lowest BCUT2D eigenvalue weighted by Crippen LogP contribution is -2.40. The second-order valence-electron chi connectivity index (χ2n) is 10.9. The van der Waals surface area contributed by atoms with Crippen LogP contribution in [0.5, 0.6) is 23.0 Å². The molecule has 0 spiro atoms. The quantitative estimate of drug-likeness (QED) is 0.0960. The first kappa shape index (κ1) is 34.3. The molecule has 1 aliphatic rings. The van der Waals surface area contributed by atoms with E-state index in [9.17, 15) is 29.8 Å². The van der Waals surface area contributed by atoms with Crippen molar-refractivity contribution in [3.05, 3.63) is 153 Å². The third-order valence-corrected chi connectivity index (χ3v) is 8.82. The van der Waals surface area contributed by atoms with Crippen molar-refractivity contribution in [1.29, 1.82) is 0 Å². The van der Waals surface area contributed by atoms with Crippen molar-refractivity contribution >= 4 is 40.5 Å². The summed E-state index contributed by atoms with van der Waals surface area (Å²) in [4.78, 5) is 54.4. The second-order valence-corrected chi connectivity index (χ2v) is 11.9. The molecule has 0 N–H and O–H groups in total. The molecule has 0 amide bonds. The Bertz CT molecular complexity index is 2400. The van der Waals surface area contributed by atoms with E-state index in [1.165, 1.54) is 24.9 Å². The van der Waals surface area contributed by atoms with Crippen LogP contribution in [-0.2, 0) is 9.53 Å². The van der Waals surface area contributed by atoms with Gasteiger partial charge in [0.25, 0.3) is 11.2 Å². The minimum atomic E-state index is -0.907. The molecule has 1 atom stereocenters. The predicted molar refractivity (Wildman–Crippen MR) is 187 cm³/mol. The molecule has 0 unspecified atom stereocenters. The number of hydrogen-bond acceptors (Lipinski definition) is 12. The van der Waals surface area contributed by atoms with Crippen molar-refractivity contribution < 1.29 is 33.6 Å². The largest absolute Gasteiger partial charge is 0.497 e. The summed E-state index contributed by atoms with van der Waals surface area (Å²) in [5.41, 5.74) is 0.888. The summed E-state index contributed by atoms with van der Waals surface area (Å²) in [6.45, 7) is 1.81. The number of nitrogens with zero attached hydrogens (tertiary/aromatic N) is 4. The van der Waals surface area contributed by atoms with Crippen LogP contribution in [0.2, 0.25) is 0 Å². The van der Waals surface area contributed by atoms with Gasteiger partial charge in [0.15, 0.2) is 16.3 Å². The lowest BCUT2D eigenvalue weighted by atomic mass is 9.93. The maximum Gasteiger partial charge on any atom is 0.338 e. The van der Waals surface area contributed by atoms with E-state index in [1.54, 1.807) is 49.4 Å². The van der Waals surface area contributed by atoms with Crippen LogP contribution in [-0.4, -0.2) is 41.2 Å². The van der Waals surface area contributed by atoms with Gasteiger partial charge in [-0.1, -0.05) is 59.9 Å². The maximum atomic E-state index is 14.3. The Balaban J connectivity index is 1.49. The fraction of sp³-hybridized carbons (Fsp3) is 0.139. The van der Waals surface area contributed by atoms with E-state index in [0.717, 1.165) is 29.5 Å². The van der Waals surface area contributed by atoms with Gasteiger partial charge in [-0.05, 0) is 54.5 Å². The number of thiazole rings is 1. The molecule has 1 aromatic heterocycles. The molecular weight excluding hydrogens is 680 g/mol. The average Bonchev–Trinajstić information content (AvgIpc) is 3.45. The highest BCUT2D eigenvalue weighted by Crippen LogP contribution is 2.39. The summed E-state index contributed by atoms with van der Waals surface area (Å²) in [7, 11) is 2.90. The van der Waals surface area contributed by atoms with Crippen molar-refractivity contribution in [1.82, 2.24) is 4.57 Å². The van der Waals surface area contributed by atoms with Gasteiger partial charge in [-0.3, -0.25) is 29.6 Å². The number of nitro groups is 2. The summed E-state index contributed by atoms with van der Waals surface area (Å²) in [6.07, 6.45) is 1.63. The van der Waals surface area contributed by atoms with Crippen LogP contribution < -0.4 is 29.1 Å². The number of nitro benzene ring substituents is 2. The van der Waals surface area contributed by atoms with Crippen molar-refractivity contribution in [2.75, 3.05) is 20.8 Å². The molecule has 0 bridgehead atoms. The molecule has 1 aliphatic heterocycles. The van der Waals surface area contributed by atoms with Gasteiger partial charge in [0.05, 0.1) is 58.6 Å². The minimum absolute atomic E-state index is 0.0951. The van der Waals surface area contributed by atoms with Crippen LogP contribution in [0.25, 0.3) is 11.8 Å². The normalized spacial score (nSPS) is 13.9. The van der Waals surface area contributed by atoms with E-state index >= 15 is 0 Å². The highest BCUT2D eigenvalue weighted by atomic mass is 32.1. The smallest absolute Gasteiger partial charge is 0.338 e. The van der Waals surface area contributed by atoms with Crippen LogP contribution in [0.3, 0.4) is 0 Å². The number of carbonyl (C=O) groups is 1. The summed E-state index contributed by atoms with van der Waals surface area (Å²) in [5, 5.41) is 22.8. The van der Waals surface area contributed by atoms with Crippen LogP contribution in [0, 0.1) is 20.2 Å². The number of hydrogen-bond donors (Lipinski definition) is 0. The topological polar surface area (TPSA) is 175 Å². The summed E-state index contributed by atoms with van der Waals surface area (Å²) in [6, 6.07) is 23.1. The van der Waals surface area contributed by atoms with E-state index in [4.69, 9.17) is 23.9 Å². The Labute approximate surface area is 293 Å². The Morgan fingerprint density at radius 3 is 2.35 bits per heavy atom. The number of aromatic nitrogens is 1. The zero-order valence-electron chi connectivity index (χ0n) is 27.3. The molecule has 258 valence electrons. The Kier molecular flexibility index (Phi) is 9.72. The van der Waals surface area contributed by atoms with E-state index < -0.39 is 38.8 Å². The standard InChI is InChI=1S/C36H28N4O10S/c1-4-49-35(42)31-32(22-9-6-5-7-10-22)37-36-38(33(31)23-11-8-12-25(19-23)47-2)34(41)30(51-36)18-21-13-15-28(29(17-21)48-3)50-27-16-14-24(39(43)44)20-26(27)40(45)46/h5-20,33H,4H2,1-3H3/b30-18-/t33-/m1/s1. The zero-order valence-corrected chi connectivity index (χ0v) is 28.1. The zero-order chi connectivity index (χ0) is 36.2. The Morgan fingerprint density at radius 2 is 1.67 bits per heavy atom. The lowest BCUT2D eigenvalue weighted by Gasteiger charge is -2.26. The van der Waals surface area contributed by atoms with Gasteiger partial charge >= 0.3 is 11.7 Å². The number of fused-ring (bicyclic) bond motifs is 1. The van der Waals surface area contributed by atoms with Crippen molar-refractivity contribution in [3.63, 3.8) is 0 Å². The Morgan fingerprint density at radius 1 is 0.902 bits per heavy atom. The molecule has 2 heterocycles.